The van der Waals surface area contributed by atoms with Crippen molar-refractivity contribution in [2.75, 3.05) is 13.2 Å². The van der Waals surface area contributed by atoms with Gasteiger partial charge in [0.2, 0.25) is 0 Å². The fourth-order valence-corrected chi connectivity index (χ4v) is 2.98. The first-order valence-electron chi connectivity index (χ1n) is 6.45. The van der Waals surface area contributed by atoms with Gasteiger partial charge in [-0.1, -0.05) is 6.92 Å². The summed E-state index contributed by atoms with van der Waals surface area (Å²) in [4.78, 5) is 14.3. The molecule has 2 rings (SSSR count). The van der Waals surface area contributed by atoms with Crippen molar-refractivity contribution in [3.8, 4) is 0 Å². The van der Waals surface area contributed by atoms with Gasteiger partial charge in [0, 0.05) is 23.8 Å². The quantitative estimate of drug-likeness (QED) is 0.926. The number of halogens is 1. The topological polar surface area (TPSA) is 45.5 Å². The maximum atomic E-state index is 12.5. The standard InChI is InChI=1S/C13H19BrN2O2/c1-2-5-15-8-10(14)7-12(15)13(18)16-6-3-4-11(16)9-17/h7-8,11,17H,2-6,9H2,1H3/t11-/m0/s1. The second-order valence-electron chi connectivity index (χ2n) is 4.71. The molecule has 4 nitrogen and oxygen atoms in total. The molecule has 1 aromatic rings. The summed E-state index contributed by atoms with van der Waals surface area (Å²) in [7, 11) is 0. The Balaban J connectivity index is 2.22. The summed E-state index contributed by atoms with van der Waals surface area (Å²) in [6, 6.07) is 1.85. The van der Waals surface area contributed by atoms with Crippen LogP contribution in [0.15, 0.2) is 16.7 Å². The number of likely N-dealkylation sites (tertiary alicyclic amines) is 1. The molecule has 1 atom stereocenters. The van der Waals surface area contributed by atoms with Crippen molar-refractivity contribution < 1.29 is 9.90 Å². The zero-order valence-corrected chi connectivity index (χ0v) is 12.2. The molecule has 100 valence electrons. The SMILES string of the molecule is CCCn1cc(Br)cc1C(=O)N1CCC[C@H]1CO. The minimum absolute atomic E-state index is 0.0127. The zero-order valence-electron chi connectivity index (χ0n) is 10.6. The fraction of sp³-hybridized carbons (Fsp3) is 0.615. The molecule has 0 radical (unpaired) electrons. The van der Waals surface area contributed by atoms with Gasteiger partial charge in [-0.2, -0.15) is 0 Å². The van der Waals surface area contributed by atoms with E-state index in [2.05, 4.69) is 22.9 Å². The first-order chi connectivity index (χ1) is 8.67. The Morgan fingerprint density at radius 1 is 1.61 bits per heavy atom. The van der Waals surface area contributed by atoms with E-state index in [1.807, 2.05) is 16.8 Å². The van der Waals surface area contributed by atoms with Crippen LogP contribution in [0.5, 0.6) is 0 Å². The summed E-state index contributed by atoms with van der Waals surface area (Å²) >= 11 is 3.42. The Kier molecular flexibility index (Phi) is 4.45. The van der Waals surface area contributed by atoms with E-state index in [9.17, 15) is 9.90 Å². The van der Waals surface area contributed by atoms with E-state index in [4.69, 9.17) is 0 Å². The summed E-state index contributed by atoms with van der Waals surface area (Å²) in [5.41, 5.74) is 0.712. The Morgan fingerprint density at radius 3 is 3.06 bits per heavy atom. The van der Waals surface area contributed by atoms with E-state index >= 15 is 0 Å². The lowest BCUT2D eigenvalue weighted by atomic mass is 10.2. The monoisotopic (exact) mass is 314 g/mol. The number of rotatable bonds is 4. The second-order valence-corrected chi connectivity index (χ2v) is 5.63. The molecule has 0 unspecified atom stereocenters. The van der Waals surface area contributed by atoms with Crippen LogP contribution in [0, 0.1) is 0 Å². The smallest absolute Gasteiger partial charge is 0.270 e. The Labute approximate surface area is 116 Å². The highest BCUT2D eigenvalue weighted by Crippen LogP contribution is 2.22. The average molecular weight is 315 g/mol. The molecule has 1 saturated heterocycles. The predicted molar refractivity (Wildman–Crippen MR) is 73.6 cm³/mol. The molecular formula is C13H19BrN2O2. The van der Waals surface area contributed by atoms with E-state index in [-0.39, 0.29) is 18.6 Å². The van der Waals surface area contributed by atoms with E-state index in [1.165, 1.54) is 0 Å². The van der Waals surface area contributed by atoms with Crippen LogP contribution in [-0.2, 0) is 6.54 Å². The van der Waals surface area contributed by atoms with Crippen LogP contribution >= 0.6 is 15.9 Å². The minimum Gasteiger partial charge on any atom is -0.394 e. The number of aliphatic hydroxyl groups is 1. The highest BCUT2D eigenvalue weighted by Gasteiger charge is 2.30. The number of aromatic nitrogens is 1. The molecule has 5 heteroatoms. The minimum atomic E-state index is -0.0127. The van der Waals surface area contributed by atoms with Gasteiger partial charge in [-0.3, -0.25) is 4.79 Å². The summed E-state index contributed by atoms with van der Waals surface area (Å²) in [5.74, 6) is 0.0331. The second kappa shape index (κ2) is 5.89. The molecule has 0 saturated carbocycles. The lowest BCUT2D eigenvalue weighted by Gasteiger charge is -2.23. The third-order valence-electron chi connectivity index (χ3n) is 3.40. The third-order valence-corrected chi connectivity index (χ3v) is 3.83. The number of aliphatic hydroxyl groups excluding tert-OH is 1. The highest BCUT2D eigenvalue weighted by molar-refractivity contribution is 9.10. The number of amides is 1. The molecule has 18 heavy (non-hydrogen) atoms. The Hall–Kier alpha value is -0.810. The zero-order chi connectivity index (χ0) is 13.1. The summed E-state index contributed by atoms with van der Waals surface area (Å²) in [6.07, 6.45) is 4.82. The van der Waals surface area contributed by atoms with E-state index < -0.39 is 0 Å². The first kappa shape index (κ1) is 13.6. The first-order valence-corrected chi connectivity index (χ1v) is 7.24. The van der Waals surface area contributed by atoms with Gasteiger partial charge in [0.25, 0.3) is 5.91 Å². The molecule has 0 aliphatic carbocycles. The van der Waals surface area contributed by atoms with Gasteiger partial charge >= 0.3 is 0 Å². The van der Waals surface area contributed by atoms with Crippen LogP contribution in [0.3, 0.4) is 0 Å². The van der Waals surface area contributed by atoms with Gasteiger partial charge in [-0.15, -0.1) is 0 Å². The number of carbonyl (C=O) groups excluding carboxylic acids is 1. The maximum absolute atomic E-state index is 12.5. The van der Waals surface area contributed by atoms with Crippen molar-refractivity contribution in [3.63, 3.8) is 0 Å². The van der Waals surface area contributed by atoms with Gasteiger partial charge in [-0.25, -0.2) is 0 Å². The van der Waals surface area contributed by atoms with Gasteiger partial charge in [0.1, 0.15) is 5.69 Å². The van der Waals surface area contributed by atoms with Crippen molar-refractivity contribution in [1.82, 2.24) is 9.47 Å². The molecule has 1 aromatic heterocycles. The number of nitrogens with zero attached hydrogens (tertiary/aromatic N) is 2. The molecule has 1 fully saturated rings. The van der Waals surface area contributed by atoms with Crippen molar-refractivity contribution in [1.29, 1.82) is 0 Å². The van der Waals surface area contributed by atoms with Gasteiger partial charge < -0.3 is 14.6 Å². The van der Waals surface area contributed by atoms with Crippen LogP contribution in [0.4, 0.5) is 0 Å². The molecular weight excluding hydrogens is 296 g/mol. The molecule has 1 amide bonds. The predicted octanol–water partition coefficient (Wildman–Crippen LogP) is 2.26. The average Bonchev–Trinajstić information content (AvgIpc) is 2.95. The molecule has 0 spiro atoms. The maximum Gasteiger partial charge on any atom is 0.270 e. The molecule has 1 N–H and O–H groups in total. The summed E-state index contributed by atoms with van der Waals surface area (Å²) in [6.45, 7) is 3.74. The number of carbonyl (C=O) groups is 1. The molecule has 1 aliphatic heterocycles. The number of aryl methyl sites for hydroxylation is 1. The van der Waals surface area contributed by atoms with Crippen LogP contribution in [0.1, 0.15) is 36.7 Å². The van der Waals surface area contributed by atoms with E-state index in [0.717, 1.165) is 36.8 Å². The molecule has 2 heterocycles. The van der Waals surface area contributed by atoms with Crippen molar-refractivity contribution in [2.45, 2.75) is 38.8 Å². The van der Waals surface area contributed by atoms with E-state index in [0.29, 0.717) is 5.69 Å². The van der Waals surface area contributed by atoms with Crippen molar-refractivity contribution in [2.24, 2.45) is 0 Å². The van der Waals surface area contributed by atoms with Crippen LogP contribution < -0.4 is 0 Å². The summed E-state index contributed by atoms with van der Waals surface area (Å²) in [5, 5.41) is 9.30. The highest BCUT2D eigenvalue weighted by atomic mass is 79.9. The van der Waals surface area contributed by atoms with Gasteiger partial charge in [-0.05, 0) is 41.3 Å². The normalized spacial score (nSPS) is 19.5. The Bertz CT molecular complexity index is 431. The van der Waals surface area contributed by atoms with Crippen molar-refractivity contribution in [3.05, 3.63) is 22.4 Å². The number of hydrogen-bond donors (Lipinski definition) is 1. The van der Waals surface area contributed by atoms with Crippen LogP contribution in [-0.4, -0.2) is 39.7 Å². The third kappa shape index (κ3) is 2.62. The van der Waals surface area contributed by atoms with Gasteiger partial charge in [0.15, 0.2) is 0 Å². The Morgan fingerprint density at radius 2 is 2.39 bits per heavy atom. The summed E-state index contributed by atoms with van der Waals surface area (Å²) < 4.78 is 2.91. The molecule has 0 bridgehead atoms. The lowest BCUT2D eigenvalue weighted by molar-refractivity contribution is 0.0666. The lowest BCUT2D eigenvalue weighted by Crippen LogP contribution is -2.38. The number of hydrogen-bond acceptors (Lipinski definition) is 2. The van der Waals surface area contributed by atoms with Crippen LogP contribution in [0.2, 0.25) is 0 Å². The van der Waals surface area contributed by atoms with Crippen LogP contribution in [0.25, 0.3) is 0 Å². The van der Waals surface area contributed by atoms with Crippen molar-refractivity contribution >= 4 is 21.8 Å². The fourth-order valence-electron chi connectivity index (χ4n) is 2.52. The largest absolute Gasteiger partial charge is 0.394 e. The van der Waals surface area contributed by atoms with Gasteiger partial charge in [0.05, 0.1) is 12.6 Å². The molecule has 0 aromatic carbocycles. The van der Waals surface area contributed by atoms with E-state index in [1.54, 1.807) is 4.90 Å². The molecule has 1 aliphatic rings.